The summed E-state index contributed by atoms with van der Waals surface area (Å²) in [7, 11) is -1.53. The molecule has 6 nitrogen and oxygen atoms in total. The lowest BCUT2D eigenvalue weighted by atomic mass is 10.1. The Morgan fingerprint density at radius 1 is 1.11 bits per heavy atom. The summed E-state index contributed by atoms with van der Waals surface area (Å²) in [5.74, 6) is 1.53. The monoisotopic (exact) mass is 383 g/mol. The van der Waals surface area contributed by atoms with Crippen molar-refractivity contribution in [3.8, 4) is 5.75 Å². The largest absolute Gasteiger partial charge is 0.495 e. The van der Waals surface area contributed by atoms with Crippen LogP contribution in [0.15, 0.2) is 53.6 Å². The predicted octanol–water partition coefficient (Wildman–Crippen LogP) is 3.60. The zero-order valence-electron chi connectivity index (χ0n) is 15.3. The third-order valence-electron chi connectivity index (χ3n) is 4.81. The quantitative estimate of drug-likeness (QED) is 0.726. The number of fused-ring (bicyclic) bond motifs is 1. The second kappa shape index (κ2) is 6.74. The number of methoxy groups -OCH3 is 1. The minimum Gasteiger partial charge on any atom is -0.495 e. The van der Waals surface area contributed by atoms with Gasteiger partial charge in [-0.25, -0.2) is 13.4 Å². The van der Waals surface area contributed by atoms with Crippen LogP contribution in [0, 0.1) is 0 Å². The molecule has 2 aromatic carbocycles. The number of anilines is 3. The molecule has 0 atom stereocenters. The van der Waals surface area contributed by atoms with Gasteiger partial charge in [0, 0.05) is 36.6 Å². The molecule has 1 fully saturated rings. The highest BCUT2D eigenvalue weighted by Crippen LogP contribution is 2.37. The predicted molar refractivity (Wildman–Crippen MR) is 108 cm³/mol. The molecule has 4 rings (SSSR count). The Labute approximate surface area is 158 Å². The van der Waals surface area contributed by atoms with Gasteiger partial charge in [-0.3, -0.25) is 0 Å². The van der Waals surface area contributed by atoms with Crippen molar-refractivity contribution in [2.75, 3.05) is 36.7 Å². The van der Waals surface area contributed by atoms with Gasteiger partial charge in [0.1, 0.15) is 11.6 Å². The van der Waals surface area contributed by atoms with E-state index in [4.69, 9.17) is 4.74 Å². The Morgan fingerprint density at radius 3 is 2.44 bits per heavy atom. The standard InChI is InChI=1S/C20H21N3O3S/c1-26-19-13-17-14(12-18(19)23-10-3-11-23)8-9-21-20(17)22-15-4-6-16(7-5-15)27(2,24)25/h4-9,12-13H,3,10-11H2,1-2H3,(H,21,22). The maximum absolute atomic E-state index is 11.6. The van der Waals surface area contributed by atoms with Gasteiger partial charge in [-0.05, 0) is 54.3 Å². The minimum absolute atomic E-state index is 0.291. The highest BCUT2D eigenvalue weighted by molar-refractivity contribution is 7.90. The summed E-state index contributed by atoms with van der Waals surface area (Å²) in [6.07, 6.45) is 4.17. The SMILES string of the molecule is COc1cc2c(Nc3ccc(S(C)(=O)=O)cc3)nccc2cc1N1CCC1. The van der Waals surface area contributed by atoms with Crippen LogP contribution in [0.2, 0.25) is 0 Å². The Kier molecular flexibility index (Phi) is 4.39. The van der Waals surface area contributed by atoms with Gasteiger partial charge in [-0.2, -0.15) is 0 Å². The van der Waals surface area contributed by atoms with Gasteiger partial charge in [0.15, 0.2) is 9.84 Å². The zero-order chi connectivity index (χ0) is 19.0. The molecule has 1 saturated heterocycles. The number of aromatic nitrogens is 1. The van der Waals surface area contributed by atoms with Gasteiger partial charge in [-0.1, -0.05) is 0 Å². The lowest BCUT2D eigenvalue weighted by molar-refractivity contribution is 0.412. The molecule has 2 heterocycles. The molecule has 7 heteroatoms. The van der Waals surface area contributed by atoms with Crippen LogP contribution < -0.4 is 15.0 Å². The molecule has 0 spiro atoms. The van der Waals surface area contributed by atoms with Crippen molar-refractivity contribution in [1.29, 1.82) is 0 Å². The summed E-state index contributed by atoms with van der Waals surface area (Å²) >= 11 is 0. The number of rotatable bonds is 5. The smallest absolute Gasteiger partial charge is 0.175 e. The topological polar surface area (TPSA) is 71.5 Å². The first-order valence-corrected chi connectivity index (χ1v) is 10.6. The Morgan fingerprint density at radius 2 is 1.85 bits per heavy atom. The fraction of sp³-hybridized carbons (Fsp3) is 0.250. The van der Waals surface area contributed by atoms with E-state index in [1.54, 1.807) is 37.6 Å². The number of hydrogen-bond acceptors (Lipinski definition) is 6. The van der Waals surface area contributed by atoms with E-state index in [1.165, 1.54) is 12.7 Å². The van der Waals surface area contributed by atoms with Gasteiger partial charge in [0.2, 0.25) is 0 Å². The van der Waals surface area contributed by atoms with E-state index in [2.05, 4.69) is 21.3 Å². The van der Waals surface area contributed by atoms with Crippen molar-refractivity contribution in [3.63, 3.8) is 0 Å². The van der Waals surface area contributed by atoms with Crippen LogP contribution in [0.3, 0.4) is 0 Å². The molecule has 3 aromatic rings. The second-order valence-electron chi connectivity index (χ2n) is 6.67. The summed E-state index contributed by atoms with van der Waals surface area (Å²) in [5, 5.41) is 5.30. The molecular formula is C20H21N3O3S. The third-order valence-corrected chi connectivity index (χ3v) is 5.93. The minimum atomic E-state index is -3.21. The molecule has 1 aliphatic rings. The average molecular weight is 383 g/mol. The van der Waals surface area contributed by atoms with Crippen molar-refractivity contribution >= 4 is 37.8 Å². The fourth-order valence-electron chi connectivity index (χ4n) is 3.18. The molecule has 1 aliphatic heterocycles. The number of nitrogens with one attached hydrogen (secondary N) is 1. The van der Waals surface area contributed by atoms with Crippen molar-refractivity contribution in [1.82, 2.24) is 4.98 Å². The Balaban J connectivity index is 1.71. The zero-order valence-corrected chi connectivity index (χ0v) is 16.1. The summed E-state index contributed by atoms with van der Waals surface area (Å²) < 4.78 is 28.8. The van der Waals surface area contributed by atoms with Crippen LogP contribution in [0.4, 0.5) is 17.2 Å². The van der Waals surface area contributed by atoms with E-state index in [0.717, 1.165) is 41.0 Å². The van der Waals surface area contributed by atoms with Crippen molar-refractivity contribution in [3.05, 3.63) is 48.7 Å². The average Bonchev–Trinajstić information content (AvgIpc) is 2.60. The van der Waals surface area contributed by atoms with E-state index in [9.17, 15) is 8.42 Å². The van der Waals surface area contributed by atoms with Gasteiger partial charge in [0.25, 0.3) is 0 Å². The number of sulfone groups is 1. The number of benzene rings is 2. The number of pyridine rings is 1. The maximum Gasteiger partial charge on any atom is 0.175 e. The lowest BCUT2D eigenvalue weighted by Crippen LogP contribution is -2.37. The van der Waals surface area contributed by atoms with Crippen LogP contribution in [-0.2, 0) is 9.84 Å². The van der Waals surface area contributed by atoms with Crippen molar-refractivity contribution < 1.29 is 13.2 Å². The molecule has 0 amide bonds. The van der Waals surface area contributed by atoms with Gasteiger partial charge < -0.3 is 15.0 Å². The molecular weight excluding hydrogens is 362 g/mol. The first kappa shape index (κ1) is 17.6. The van der Waals surface area contributed by atoms with E-state index in [1.807, 2.05) is 12.1 Å². The van der Waals surface area contributed by atoms with Crippen LogP contribution in [-0.4, -0.2) is 39.9 Å². The van der Waals surface area contributed by atoms with E-state index in [-0.39, 0.29) is 0 Å². The van der Waals surface area contributed by atoms with Crippen LogP contribution in [0.1, 0.15) is 6.42 Å². The summed E-state index contributed by atoms with van der Waals surface area (Å²) in [4.78, 5) is 7.05. The third kappa shape index (κ3) is 3.42. The lowest BCUT2D eigenvalue weighted by Gasteiger charge is -2.34. The fourth-order valence-corrected chi connectivity index (χ4v) is 3.81. The summed E-state index contributed by atoms with van der Waals surface area (Å²) in [6, 6.07) is 12.8. The van der Waals surface area contributed by atoms with E-state index < -0.39 is 9.84 Å². The molecule has 1 N–H and O–H groups in total. The van der Waals surface area contributed by atoms with Crippen LogP contribution in [0.5, 0.6) is 5.75 Å². The highest BCUT2D eigenvalue weighted by Gasteiger charge is 2.20. The first-order valence-electron chi connectivity index (χ1n) is 8.74. The molecule has 0 saturated carbocycles. The molecule has 0 radical (unpaired) electrons. The van der Waals surface area contributed by atoms with Crippen molar-refractivity contribution in [2.24, 2.45) is 0 Å². The maximum atomic E-state index is 11.6. The van der Waals surface area contributed by atoms with Gasteiger partial charge in [-0.15, -0.1) is 0 Å². The molecule has 0 aliphatic carbocycles. The Bertz CT molecular complexity index is 1090. The van der Waals surface area contributed by atoms with Gasteiger partial charge >= 0.3 is 0 Å². The molecule has 1 aromatic heterocycles. The molecule has 0 unspecified atom stereocenters. The summed E-state index contributed by atoms with van der Waals surface area (Å²) in [6.45, 7) is 2.09. The Hall–Kier alpha value is -2.80. The van der Waals surface area contributed by atoms with Gasteiger partial charge in [0.05, 0.1) is 17.7 Å². The normalized spacial score (nSPS) is 14.1. The number of hydrogen-bond donors (Lipinski definition) is 1. The van der Waals surface area contributed by atoms with E-state index >= 15 is 0 Å². The summed E-state index contributed by atoms with van der Waals surface area (Å²) in [5.41, 5.74) is 1.87. The second-order valence-corrected chi connectivity index (χ2v) is 8.68. The van der Waals surface area contributed by atoms with Crippen LogP contribution >= 0.6 is 0 Å². The highest BCUT2D eigenvalue weighted by atomic mass is 32.2. The number of ether oxygens (including phenoxy) is 1. The first-order chi connectivity index (χ1) is 13.0. The molecule has 0 bridgehead atoms. The number of nitrogens with zero attached hydrogens (tertiary/aromatic N) is 2. The molecule has 140 valence electrons. The molecule has 27 heavy (non-hydrogen) atoms. The van der Waals surface area contributed by atoms with Crippen LogP contribution in [0.25, 0.3) is 10.8 Å². The van der Waals surface area contributed by atoms with Crippen molar-refractivity contribution in [2.45, 2.75) is 11.3 Å². The van der Waals surface area contributed by atoms with E-state index in [0.29, 0.717) is 10.7 Å².